The standard InChI is InChI=1S/C26H39N9/c1-10-12-13-18(11-2)16-29-23-21(17(3)19(14-27)24(30-23)34(7)8)31-32-25-20(15-28)22(26(4,5)6)33-35(25)9/h18H,10-13,16H2,1-9H3,(H,29,30). The molecule has 0 aliphatic rings. The predicted molar refractivity (Wildman–Crippen MR) is 141 cm³/mol. The second kappa shape index (κ2) is 11.8. The Labute approximate surface area is 209 Å². The summed E-state index contributed by atoms with van der Waals surface area (Å²) in [6.45, 7) is 13.0. The van der Waals surface area contributed by atoms with E-state index in [2.05, 4.69) is 46.6 Å². The summed E-state index contributed by atoms with van der Waals surface area (Å²) in [6, 6.07) is 4.51. The average molecular weight is 478 g/mol. The maximum Gasteiger partial charge on any atom is 0.191 e. The van der Waals surface area contributed by atoms with E-state index in [0.717, 1.165) is 25.8 Å². The number of nitrogens with zero attached hydrogens (tertiary/aromatic N) is 8. The average Bonchev–Trinajstić information content (AvgIpc) is 3.13. The first kappa shape index (κ1) is 27.8. The van der Waals surface area contributed by atoms with Gasteiger partial charge in [0.25, 0.3) is 0 Å². The van der Waals surface area contributed by atoms with Gasteiger partial charge in [0.05, 0.1) is 11.3 Å². The Morgan fingerprint density at radius 2 is 1.77 bits per heavy atom. The Bertz CT molecular complexity index is 1140. The minimum absolute atomic E-state index is 0.310. The third-order valence-electron chi connectivity index (χ3n) is 6.12. The van der Waals surface area contributed by atoms with Crippen LogP contribution >= 0.6 is 0 Å². The van der Waals surface area contributed by atoms with Gasteiger partial charge in [0.15, 0.2) is 11.6 Å². The highest BCUT2D eigenvalue weighted by Crippen LogP contribution is 2.37. The zero-order chi connectivity index (χ0) is 26.3. The van der Waals surface area contributed by atoms with Crippen molar-refractivity contribution in [1.82, 2.24) is 14.8 Å². The second-order valence-electron chi connectivity index (χ2n) is 10.2. The van der Waals surface area contributed by atoms with Crippen molar-refractivity contribution in [3.63, 3.8) is 0 Å². The van der Waals surface area contributed by atoms with Gasteiger partial charge in [-0.05, 0) is 19.3 Å². The van der Waals surface area contributed by atoms with Crippen LogP contribution < -0.4 is 10.2 Å². The van der Waals surface area contributed by atoms with Gasteiger partial charge in [0.2, 0.25) is 0 Å². The SMILES string of the molecule is CCCCC(CC)CNc1nc(N(C)C)c(C#N)c(C)c1N=Nc1c(C#N)c(C(C)(C)C)nn1C. The van der Waals surface area contributed by atoms with Crippen LogP contribution in [0.25, 0.3) is 0 Å². The molecule has 2 aromatic rings. The van der Waals surface area contributed by atoms with Gasteiger partial charge in [0, 0.05) is 38.7 Å². The molecular formula is C26H39N9. The number of hydrogen-bond donors (Lipinski definition) is 1. The molecule has 0 saturated heterocycles. The summed E-state index contributed by atoms with van der Waals surface area (Å²) in [5.74, 6) is 2.06. The van der Waals surface area contributed by atoms with Gasteiger partial charge in [-0.15, -0.1) is 10.2 Å². The normalized spacial score (nSPS) is 12.4. The topological polar surface area (TPSA) is 118 Å². The summed E-state index contributed by atoms with van der Waals surface area (Å²) in [6.07, 6.45) is 4.55. The number of aryl methyl sites for hydroxylation is 1. The molecule has 0 amide bonds. The number of hydrogen-bond acceptors (Lipinski definition) is 8. The van der Waals surface area contributed by atoms with Gasteiger partial charge in [-0.3, -0.25) is 0 Å². The van der Waals surface area contributed by atoms with Crippen molar-refractivity contribution < 1.29 is 0 Å². The Kier molecular flexibility index (Phi) is 9.36. The lowest BCUT2D eigenvalue weighted by Gasteiger charge is -2.21. The number of nitrogens with one attached hydrogen (secondary N) is 1. The molecule has 0 saturated carbocycles. The Balaban J connectivity index is 2.61. The summed E-state index contributed by atoms with van der Waals surface area (Å²) in [7, 11) is 5.49. The van der Waals surface area contributed by atoms with Crippen LogP contribution in [0.15, 0.2) is 10.2 Å². The van der Waals surface area contributed by atoms with E-state index in [-0.39, 0.29) is 5.41 Å². The van der Waals surface area contributed by atoms with Gasteiger partial charge in [0.1, 0.15) is 29.2 Å². The molecule has 0 radical (unpaired) electrons. The first-order chi connectivity index (χ1) is 16.5. The first-order valence-corrected chi connectivity index (χ1v) is 12.2. The molecule has 35 heavy (non-hydrogen) atoms. The van der Waals surface area contributed by atoms with Crippen LogP contribution in [0.2, 0.25) is 0 Å². The molecule has 0 aromatic carbocycles. The van der Waals surface area contributed by atoms with Crippen molar-refractivity contribution >= 4 is 23.1 Å². The third kappa shape index (κ3) is 6.36. The molecule has 2 rings (SSSR count). The molecule has 1 N–H and O–H groups in total. The van der Waals surface area contributed by atoms with E-state index >= 15 is 0 Å². The first-order valence-electron chi connectivity index (χ1n) is 12.2. The molecule has 188 valence electrons. The zero-order valence-electron chi connectivity index (χ0n) is 22.7. The van der Waals surface area contributed by atoms with E-state index < -0.39 is 0 Å². The summed E-state index contributed by atoms with van der Waals surface area (Å²) < 4.78 is 1.58. The summed E-state index contributed by atoms with van der Waals surface area (Å²) in [5, 5.41) is 36.7. The molecule has 0 bridgehead atoms. The number of anilines is 2. The third-order valence-corrected chi connectivity index (χ3v) is 6.12. The molecule has 2 heterocycles. The van der Waals surface area contributed by atoms with E-state index in [0.29, 0.717) is 51.4 Å². The number of rotatable bonds is 10. The van der Waals surface area contributed by atoms with Crippen LogP contribution in [0.1, 0.15) is 82.7 Å². The van der Waals surface area contributed by atoms with Crippen molar-refractivity contribution in [1.29, 1.82) is 10.5 Å². The predicted octanol–water partition coefficient (Wildman–Crippen LogP) is 6.27. The molecular weight excluding hydrogens is 438 g/mol. The number of azo groups is 1. The minimum atomic E-state index is -0.310. The van der Waals surface area contributed by atoms with E-state index in [4.69, 9.17) is 4.98 Å². The summed E-state index contributed by atoms with van der Waals surface area (Å²) in [5.41, 5.74) is 2.41. The molecule has 9 heteroatoms. The van der Waals surface area contributed by atoms with Crippen LogP contribution in [0, 0.1) is 35.5 Å². The number of nitriles is 2. The fourth-order valence-corrected chi connectivity index (χ4v) is 3.92. The van der Waals surface area contributed by atoms with Crippen molar-refractivity contribution in [2.75, 3.05) is 30.9 Å². The summed E-state index contributed by atoms with van der Waals surface area (Å²) >= 11 is 0. The molecule has 0 spiro atoms. The van der Waals surface area contributed by atoms with Crippen LogP contribution in [-0.4, -0.2) is 35.4 Å². The molecule has 9 nitrogen and oxygen atoms in total. The van der Waals surface area contributed by atoms with Crippen LogP contribution in [0.4, 0.5) is 23.1 Å². The van der Waals surface area contributed by atoms with E-state index in [1.165, 1.54) is 6.42 Å². The number of unbranched alkanes of at least 4 members (excludes halogenated alkanes) is 1. The van der Waals surface area contributed by atoms with Crippen molar-refractivity contribution in [3.05, 3.63) is 22.4 Å². The van der Waals surface area contributed by atoms with Crippen LogP contribution in [0.5, 0.6) is 0 Å². The van der Waals surface area contributed by atoms with Crippen molar-refractivity contribution in [2.24, 2.45) is 23.2 Å². The molecule has 0 fully saturated rings. The minimum Gasteiger partial charge on any atom is -0.368 e. The Morgan fingerprint density at radius 3 is 2.29 bits per heavy atom. The number of pyridine rings is 1. The van der Waals surface area contributed by atoms with E-state index in [9.17, 15) is 10.5 Å². The quantitative estimate of drug-likeness (QED) is 0.403. The van der Waals surface area contributed by atoms with Gasteiger partial charge in [-0.1, -0.05) is 53.9 Å². The highest BCUT2D eigenvalue weighted by molar-refractivity contribution is 5.74. The summed E-state index contributed by atoms with van der Waals surface area (Å²) in [4.78, 5) is 6.59. The lowest BCUT2D eigenvalue weighted by molar-refractivity contribution is 0.472. The van der Waals surface area contributed by atoms with E-state index in [1.807, 2.05) is 46.7 Å². The Morgan fingerprint density at radius 1 is 1.11 bits per heavy atom. The zero-order valence-corrected chi connectivity index (χ0v) is 22.7. The van der Waals surface area contributed by atoms with Gasteiger partial charge in [-0.25, -0.2) is 9.67 Å². The Hall–Kier alpha value is -3.46. The molecule has 0 aliphatic heterocycles. The monoisotopic (exact) mass is 477 g/mol. The maximum atomic E-state index is 9.85. The molecule has 1 atom stereocenters. The highest BCUT2D eigenvalue weighted by Gasteiger charge is 2.26. The lowest BCUT2D eigenvalue weighted by Crippen LogP contribution is -2.18. The van der Waals surface area contributed by atoms with Crippen molar-refractivity contribution in [2.45, 2.75) is 72.6 Å². The largest absolute Gasteiger partial charge is 0.368 e. The molecule has 1 unspecified atom stereocenters. The van der Waals surface area contributed by atoms with Crippen molar-refractivity contribution in [3.8, 4) is 12.1 Å². The van der Waals surface area contributed by atoms with Crippen LogP contribution in [0.3, 0.4) is 0 Å². The number of aromatic nitrogens is 3. The van der Waals surface area contributed by atoms with Gasteiger partial charge < -0.3 is 10.2 Å². The molecule has 0 aliphatic carbocycles. The fourth-order valence-electron chi connectivity index (χ4n) is 3.92. The molecule has 2 aromatic heterocycles. The van der Waals surface area contributed by atoms with Gasteiger partial charge >= 0.3 is 0 Å². The van der Waals surface area contributed by atoms with Gasteiger partial charge in [-0.2, -0.15) is 15.6 Å². The lowest BCUT2D eigenvalue weighted by atomic mass is 9.90. The van der Waals surface area contributed by atoms with Crippen LogP contribution in [-0.2, 0) is 12.5 Å². The smallest absolute Gasteiger partial charge is 0.191 e. The maximum absolute atomic E-state index is 9.85. The second-order valence-corrected chi connectivity index (χ2v) is 10.2. The fraction of sp³-hybridized carbons (Fsp3) is 0.615. The van der Waals surface area contributed by atoms with E-state index in [1.54, 1.807) is 11.7 Å². The highest BCUT2D eigenvalue weighted by atomic mass is 15.3.